The number of anilines is 1. The summed E-state index contributed by atoms with van der Waals surface area (Å²) in [6, 6.07) is 18.2. The third-order valence-corrected chi connectivity index (χ3v) is 7.47. The van der Waals surface area contributed by atoms with Gasteiger partial charge in [-0.1, -0.05) is 64.1 Å². The van der Waals surface area contributed by atoms with Crippen LogP contribution in [0.2, 0.25) is 0 Å². The van der Waals surface area contributed by atoms with Gasteiger partial charge in [-0.15, -0.1) is 0 Å². The fourth-order valence-electron chi connectivity index (χ4n) is 5.13. The molecule has 4 aromatic rings. The van der Waals surface area contributed by atoms with Gasteiger partial charge in [0.1, 0.15) is 11.6 Å². The Kier molecular flexibility index (Phi) is 5.35. The molecule has 34 heavy (non-hydrogen) atoms. The van der Waals surface area contributed by atoms with Crippen LogP contribution >= 0.6 is 0 Å². The molecule has 0 atom stereocenters. The molecule has 1 N–H and O–H groups in total. The van der Waals surface area contributed by atoms with Crippen LogP contribution in [-0.2, 0) is 17.3 Å². The number of benzene rings is 2. The van der Waals surface area contributed by atoms with Crippen molar-refractivity contribution in [3.05, 3.63) is 94.6 Å². The van der Waals surface area contributed by atoms with Crippen LogP contribution < -0.4 is 5.32 Å². The van der Waals surface area contributed by atoms with Crippen molar-refractivity contribution in [2.75, 3.05) is 5.32 Å². The Morgan fingerprint density at radius 1 is 0.971 bits per heavy atom. The summed E-state index contributed by atoms with van der Waals surface area (Å²) in [7, 11) is 0. The molecule has 2 aromatic heterocycles. The molecule has 5 rings (SSSR count). The Labute approximate surface area is 201 Å². The summed E-state index contributed by atoms with van der Waals surface area (Å²) >= 11 is 0. The van der Waals surface area contributed by atoms with Gasteiger partial charge in [0.2, 0.25) is 0 Å². The van der Waals surface area contributed by atoms with E-state index in [1.807, 2.05) is 36.4 Å². The number of aryl methyl sites for hydroxylation is 1. The monoisotopic (exact) mass is 452 g/mol. The minimum atomic E-state index is -0.292. The summed E-state index contributed by atoms with van der Waals surface area (Å²) in [5.41, 5.74) is 5.78. The Balaban J connectivity index is 1.39. The molecule has 0 saturated heterocycles. The van der Waals surface area contributed by atoms with Gasteiger partial charge in [0.05, 0.1) is 0 Å². The van der Waals surface area contributed by atoms with Crippen molar-refractivity contribution in [2.45, 2.75) is 64.7 Å². The first-order valence-electron chi connectivity index (χ1n) is 12.0. The zero-order valence-corrected chi connectivity index (χ0v) is 20.7. The maximum absolute atomic E-state index is 12.9. The minimum absolute atomic E-state index is 0.160. The Morgan fingerprint density at radius 3 is 2.44 bits per heavy atom. The smallest absolute Gasteiger partial charge is 0.292 e. The second-order valence-electron chi connectivity index (χ2n) is 10.9. The zero-order chi connectivity index (χ0) is 24.1. The standard InChI is InChI=1S/C30H32N2O2/c1-19-16-24-25(30(4,5)14-13-29(24,2)3)18-21(19)17-22-10-11-26(34-22)28(33)32-27-23-9-7-6-8-20(23)12-15-31-27/h6-12,15-16,18H,13-14,17H2,1-5H3,(H,31,32,33). The number of nitrogens with one attached hydrogen (secondary N) is 1. The lowest BCUT2D eigenvalue weighted by atomic mass is 9.62. The highest BCUT2D eigenvalue weighted by Gasteiger charge is 2.37. The molecule has 174 valence electrons. The fraction of sp³-hybridized carbons (Fsp3) is 0.333. The van der Waals surface area contributed by atoms with Gasteiger partial charge in [-0.05, 0) is 76.4 Å². The van der Waals surface area contributed by atoms with Gasteiger partial charge in [-0.25, -0.2) is 4.98 Å². The topological polar surface area (TPSA) is 55.1 Å². The third-order valence-electron chi connectivity index (χ3n) is 7.47. The van der Waals surface area contributed by atoms with E-state index in [-0.39, 0.29) is 16.7 Å². The van der Waals surface area contributed by atoms with E-state index >= 15 is 0 Å². The highest BCUT2D eigenvalue weighted by molar-refractivity contribution is 6.06. The molecule has 0 fully saturated rings. The molecule has 0 spiro atoms. The van der Waals surface area contributed by atoms with Crippen LogP contribution in [0.15, 0.2) is 65.2 Å². The van der Waals surface area contributed by atoms with Gasteiger partial charge < -0.3 is 9.73 Å². The SMILES string of the molecule is Cc1cc2c(cc1Cc1ccc(C(=O)Nc3nccc4ccccc34)o1)C(C)(C)CCC2(C)C. The van der Waals surface area contributed by atoms with Crippen molar-refractivity contribution in [1.29, 1.82) is 0 Å². The molecule has 0 aliphatic heterocycles. The quantitative estimate of drug-likeness (QED) is 0.353. The number of amides is 1. The summed E-state index contributed by atoms with van der Waals surface area (Å²) in [4.78, 5) is 17.2. The number of hydrogen-bond donors (Lipinski definition) is 1. The summed E-state index contributed by atoms with van der Waals surface area (Å²) in [5, 5.41) is 4.84. The number of carbonyl (C=O) groups excluding carboxylic acids is 1. The highest BCUT2D eigenvalue weighted by Crippen LogP contribution is 2.46. The first-order valence-corrected chi connectivity index (χ1v) is 12.0. The van der Waals surface area contributed by atoms with Crippen LogP contribution in [-0.4, -0.2) is 10.9 Å². The van der Waals surface area contributed by atoms with Crippen LogP contribution in [0.3, 0.4) is 0 Å². The van der Waals surface area contributed by atoms with Gasteiger partial charge >= 0.3 is 0 Å². The lowest BCUT2D eigenvalue weighted by molar-refractivity contribution is 0.0995. The zero-order valence-electron chi connectivity index (χ0n) is 20.7. The lowest BCUT2D eigenvalue weighted by Crippen LogP contribution is -2.34. The van der Waals surface area contributed by atoms with Crippen LogP contribution in [0.4, 0.5) is 5.82 Å². The number of hydrogen-bond acceptors (Lipinski definition) is 3. The van der Waals surface area contributed by atoms with Crippen molar-refractivity contribution in [3.63, 3.8) is 0 Å². The van der Waals surface area contributed by atoms with Gasteiger partial charge in [-0.3, -0.25) is 4.79 Å². The molecule has 1 amide bonds. The van der Waals surface area contributed by atoms with Crippen molar-refractivity contribution < 1.29 is 9.21 Å². The molecular formula is C30H32N2O2. The van der Waals surface area contributed by atoms with Crippen LogP contribution in [0.25, 0.3) is 10.8 Å². The molecule has 0 radical (unpaired) electrons. The molecule has 2 aromatic carbocycles. The second kappa shape index (κ2) is 8.12. The second-order valence-corrected chi connectivity index (χ2v) is 10.9. The van der Waals surface area contributed by atoms with Gasteiger partial charge in [0, 0.05) is 18.0 Å². The Bertz CT molecular complexity index is 1390. The van der Waals surface area contributed by atoms with Crippen LogP contribution in [0.1, 0.15) is 79.1 Å². The van der Waals surface area contributed by atoms with Crippen LogP contribution in [0, 0.1) is 6.92 Å². The van der Waals surface area contributed by atoms with E-state index in [2.05, 4.69) is 57.1 Å². The number of fused-ring (bicyclic) bond motifs is 2. The maximum atomic E-state index is 12.9. The van der Waals surface area contributed by atoms with Crippen molar-refractivity contribution in [2.24, 2.45) is 0 Å². The summed E-state index contributed by atoms with van der Waals surface area (Å²) in [5.74, 6) is 1.32. The van der Waals surface area contributed by atoms with Gasteiger partial charge in [-0.2, -0.15) is 0 Å². The first kappa shape index (κ1) is 22.4. The highest BCUT2D eigenvalue weighted by atomic mass is 16.3. The number of aromatic nitrogens is 1. The Morgan fingerprint density at radius 2 is 1.68 bits per heavy atom. The molecule has 1 aliphatic rings. The van der Waals surface area contributed by atoms with E-state index in [1.165, 1.54) is 35.1 Å². The average Bonchev–Trinajstić information content (AvgIpc) is 3.27. The normalized spacial score (nSPS) is 16.3. The van der Waals surface area contributed by atoms with Gasteiger partial charge in [0.15, 0.2) is 5.76 Å². The molecule has 1 aliphatic carbocycles. The fourth-order valence-corrected chi connectivity index (χ4v) is 5.13. The van der Waals surface area contributed by atoms with E-state index < -0.39 is 0 Å². The number of furan rings is 1. The third kappa shape index (κ3) is 4.02. The predicted octanol–water partition coefficient (Wildman–Crippen LogP) is 7.33. The number of nitrogens with zero attached hydrogens (tertiary/aromatic N) is 1. The van der Waals surface area contributed by atoms with Gasteiger partial charge in [0.25, 0.3) is 5.91 Å². The van der Waals surface area contributed by atoms with E-state index in [4.69, 9.17) is 4.42 Å². The Hall–Kier alpha value is -3.40. The molecule has 0 unspecified atom stereocenters. The van der Waals surface area contributed by atoms with E-state index in [1.54, 1.807) is 12.3 Å². The number of carbonyl (C=O) groups is 1. The summed E-state index contributed by atoms with van der Waals surface area (Å²) in [6.07, 6.45) is 4.75. The molecule has 0 saturated carbocycles. The number of rotatable bonds is 4. The minimum Gasteiger partial charge on any atom is -0.456 e. The molecule has 4 nitrogen and oxygen atoms in total. The summed E-state index contributed by atoms with van der Waals surface area (Å²) < 4.78 is 5.99. The summed E-state index contributed by atoms with van der Waals surface area (Å²) in [6.45, 7) is 11.6. The predicted molar refractivity (Wildman–Crippen MR) is 138 cm³/mol. The van der Waals surface area contributed by atoms with Crippen molar-refractivity contribution >= 4 is 22.5 Å². The number of pyridine rings is 1. The molecule has 4 heteroatoms. The van der Waals surface area contributed by atoms with Crippen molar-refractivity contribution in [1.82, 2.24) is 4.98 Å². The van der Waals surface area contributed by atoms with E-state index in [0.717, 1.165) is 16.5 Å². The largest absolute Gasteiger partial charge is 0.456 e. The molecule has 2 heterocycles. The lowest BCUT2D eigenvalue weighted by Gasteiger charge is -2.42. The van der Waals surface area contributed by atoms with E-state index in [9.17, 15) is 4.79 Å². The molecular weight excluding hydrogens is 420 g/mol. The van der Waals surface area contributed by atoms with E-state index in [0.29, 0.717) is 18.0 Å². The first-order chi connectivity index (χ1) is 16.1. The van der Waals surface area contributed by atoms with Crippen LogP contribution in [0.5, 0.6) is 0 Å². The average molecular weight is 453 g/mol. The van der Waals surface area contributed by atoms with Crippen molar-refractivity contribution in [3.8, 4) is 0 Å². The maximum Gasteiger partial charge on any atom is 0.292 e. The molecule has 0 bridgehead atoms.